The van der Waals surface area contributed by atoms with Crippen LogP contribution < -0.4 is 0 Å². The molecule has 0 amide bonds. The second-order valence-corrected chi connectivity index (χ2v) is 6.03. The Kier molecular flexibility index (Phi) is 3.27. The molecule has 2 aromatic carbocycles. The number of phenolic OH excluding ortho intramolecular Hbond substituents is 1. The number of para-hydroxylation sites is 1. The van der Waals surface area contributed by atoms with Crippen LogP contribution in [0.3, 0.4) is 0 Å². The summed E-state index contributed by atoms with van der Waals surface area (Å²) < 4.78 is 20.1. The van der Waals surface area contributed by atoms with E-state index in [9.17, 15) is 9.50 Å². The lowest BCUT2D eigenvalue weighted by molar-refractivity contribution is 0.475. The molecule has 0 aliphatic heterocycles. The molecule has 4 aromatic rings. The smallest absolute Gasteiger partial charge is 0.247 e. The Bertz CT molecular complexity index is 979. The quantitative estimate of drug-likeness (QED) is 0.620. The van der Waals surface area contributed by atoms with Crippen molar-refractivity contribution in [1.82, 2.24) is 15.2 Å². The summed E-state index contributed by atoms with van der Waals surface area (Å²) in [5.41, 5.74) is 1.09. The maximum atomic E-state index is 13.7. The number of nitrogens with zero attached hydrogens (tertiary/aromatic N) is 3. The number of hydrogen-bond donors (Lipinski definition) is 1. The molecule has 0 aliphatic carbocycles. The van der Waals surface area contributed by atoms with Gasteiger partial charge in [-0.2, -0.15) is 0 Å². The second kappa shape index (κ2) is 5.44. The first-order chi connectivity index (χ1) is 11.2. The van der Waals surface area contributed by atoms with Crippen molar-refractivity contribution in [3.63, 3.8) is 0 Å². The second-order valence-electron chi connectivity index (χ2n) is 4.92. The summed E-state index contributed by atoms with van der Waals surface area (Å²) in [6.07, 6.45) is 0.351. The molecule has 0 bridgehead atoms. The van der Waals surface area contributed by atoms with Crippen LogP contribution in [0.15, 0.2) is 46.9 Å². The van der Waals surface area contributed by atoms with Gasteiger partial charge in [-0.05, 0) is 36.4 Å². The molecule has 23 heavy (non-hydrogen) atoms. The summed E-state index contributed by atoms with van der Waals surface area (Å²) in [6.45, 7) is 0. The lowest BCUT2D eigenvalue weighted by Gasteiger charge is -1.94. The van der Waals surface area contributed by atoms with Gasteiger partial charge in [-0.1, -0.05) is 6.07 Å². The van der Waals surface area contributed by atoms with Crippen molar-refractivity contribution >= 4 is 21.6 Å². The number of benzene rings is 2. The standard InChI is InChI=1S/C16H10FN3O2S/c17-11-2-1-3-12-15(11)18-14(23-12)8-13-19-20-16(22-13)9-4-6-10(21)7-5-9/h1-7,21H,8H2. The molecule has 1 N–H and O–H groups in total. The van der Waals surface area contributed by atoms with E-state index in [2.05, 4.69) is 15.2 Å². The predicted molar refractivity (Wildman–Crippen MR) is 83.8 cm³/mol. The molecular weight excluding hydrogens is 317 g/mol. The van der Waals surface area contributed by atoms with Gasteiger partial charge in [0.2, 0.25) is 11.8 Å². The van der Waals surface area contributed by atoms with E-state index >= 15 is 0 Å². The fourth-order valence-corrected chi connectivity index (χ4v) is 3.18. The van der Waals surface area contributed by atoms with Gasteiger partial charge in [0, 0.05) is 5.56 Å². The Morgan fingerprint density at radius 2 is 1.91 bits per heavy atom. The van der Waals surface area contributed by atoms with Crippen LogP contribution in [0.5, 0.6) is 5.75 Å². The summed E-state index contributed by atoms with van der Waals surface area (Å²) in [4.78, 5) is 4.28. The number of phenols is 1. The SMILES string of the molecule is Oc1ccc(-c2nnc(Cc3nc4c(F)cccc4s3)o2)cc1. The predicted octanol–water partition coefficient (Wildman–Crippen LogP) is 3.78. The molecule has 2 heterocycles. The Balaban J connectivity index is 1.61. The van der Waals surface area contributed by atoms with E-state index in [0.717, 1.165) is 10.3 Å². The highest BCUT2D eigenvalue weighted by Gasteiger charge is 2.13. The van der Waals surface area contributed by atoms with Crippen LogP contribution in [0.25, 0.3) is 21.7 Å². The largest absolute Gasteiger partial charge is 0.508 e. The summed E-state index contributed by atoms with van der Waals surface area (Å²) in [7, 11) is 0. The molecule has 0 aliphatic rings. The molecular formula is C16H10FN3O2S. The van der Waals surface area contributed by atoms with Crippen LogP contribution in [-0.4, -0.2) is 20.3 Å². The van der Waals surface area contributed by atoms with Crippen molar-refractivity contribution in [3.8, 4) is 17.2 Å². The van der Waals surface area contributed by atoms with Gasteiger partial charge < -0.3 is 9.52 Å². The zero-order chi connectivity index (χ0) is 15.8. The van der Waals surface area contributed by atoms with Crippen molar-refractivity contribution in [2.45, 2.75) is 6.42 Å². The lowest BCUT2D eigenvalue weighted by atomic mass is 10.2. The van der Waals surface area contributed by atoms with Gasteiger partial charge >= 0.3 is 0 Å². The van der Waals surface area contributed by atoms with Gasteiger partial charge in [0.15, 0.2) is 0 Å². The molecule has 4 rings (SSSR count). The average Bonchev–Trinajstić information content (AvgIpc) is 3.16. The number of halogens is 1. The zero-order valence-electron chi connectivity index (χ0n) is 11.7. The summed E-state index contributed by atoms with van der Waals surface area (Å²) in [6, 6.07) is 11.4. The highest BCUT2D eigenvalue weighted by Crippen LogP contribution is 2.26. The maximum absolute atomic E-state index is 13.7. The molecule has 2 aromatic heterocycles. The monoisotopic (exact) mass is 327 g/mol. The van der Waals surface area contributed by atoms with Crippen LogP contribution >= 0.6 is 11.3 Å². The first kappa shape index (κ1) is 13.8. The first-order valence-corrected chi connectivity index (χ1v) is 7.66. The minimum absolute atomic E-state index is 0.171. The van der Waals surface area contributed by atoms with E-state index in [-0.39, 0.29) is 11.6 Å². The molecule has 0 radical (unpaired) electrons. The van der Waals surface area contributed by atoms with Crippen LogP contribution in [0, 0.1) is 5.82 Å². The normalized spacial score (nSPS) is 11.2. The van der Waals surface area contributed by atoms with Gasteiger partial charge in [0.25, 0.3) is 0 Å². The fourth-order valence-electron chi connectivity index (χ4n) is 2.21. The lowest BCUT2D eigenvalue weighted by Crippen LogP contribution is -1.87. The molecule has 0 atom stereocenters. The van der Waals surface area contributed by atoms with Gasteiger partial charge in [0.1, 0.15) is 22.1 Å². The summed E-state index contributed by atoms with van der Waals surface area (Å²) in [5.74, 6) is 0.616. The number of aromatic nitrogens is 3. The first-order valence-electron chi connectivity index (χ1n) is 6.85. The Hall–Kier alpha value is -2.80. The van der Waals surface area contributed by atoms with Crippen molar-refractivity contribution in [3.05, 3.63) is 59.2 Å². The summed E-state index contributed by atoms with van der Waals surface area (Å²) in [5, 5.41) is 18.0. The van der Waals surface area contributed by atoms with Crippen molar-refractivity contribution < 1.29 is 13.9 Å². The van der Waals surface area contributed by atoms with E-state index < -0.39 is 0 Å². The average molecular weight is 327 g/mol. The molecule has 5 nitrogen and oxygen atoms in total. The third kappa shape index (κ3) is 2.66. The maximum Gasteiger partial charge on any atom is 0.247 e. The van der Waals surface area contributed by atoms with Crippen LogP contribution in [-0.2, 0) is 6.42 Å². The molecule has 0 saturated carbocycles. The zero-order valence-corrected chi connectivity index (χ0v) is 12.5. The van der Waals surface area contributed by atoms with E-state index in [1.165, 1.54) is 17.4 Å². The van der Waals surface area contributed by atoms with Gasteiger partial charge in [-0.3, -0.25) is 0 Å². The number of hydrogen-bond acceptors (Lipinski definition) is 6. The van der Waals surface area contributed by atoms with Crippen molar-refractivity contribution in [2.75, 3.05) is 0 Å². The third-order valence-corrected chi connectivity index (χ3v) is 4.32. The van der Waals surface area contributed by atoms with Crippen LogP contribution in [0.4, 0.5) is 4.39 Å². The number of fused-ring (bicyclic) bond motifs is 1. The fraction of sp³-hybridized carbons (Fsp3) is 0.0625. The molecule has 7 heteroatoms. The molecule has 0 spiro atoms. The van der Waals surface area contributed by atoms with Gasteiger partial charge in [0.05, 0.1) is 11.1 Å². The van der Waals surface area contributed by atoms with Crippen molar-refractivity contribution in [2.24, 2.45) is 0 Å². The van der Waals surface area contributed by atoms with Crippen LogP contribution in [0.1, 0.15) is 10.9 Å². The van der Waals surface area contributed by atoms with E-state index in [1.54, 1.807) is 30.3 Å². The van der Waals surface area contributed by atoms with E-state index in [1.807, 2.05) is 6.07 Å². The Labute approximate surface area is 134 Å². The summed E-state index contributed by atoms with van der Waals surface area (Å²) >= 11 is 1.40. The molecule has 0 unspecified atom stereocenters. The van der Waals surface area contributed by atoms with Gasteiger partial charge in [-0.25, -0.2) is 9.37 Å². The topological polar surface area (TPSA) is 72.0 Å². The third-order valence-electron chi connectivity index (χ3n) is 3.30. The van der Waals surface area contributed by atoms with Gasteiger partial charge in [-0.15, -0.1) is 21.5 Å². The minimum Gasteiger partial charge on any atom is -0.508 e. The van der Waals surface area contributed by atoms with E-state index in [0.29, 0.717) is 28.7 Å². The highest BCUT2D eigenvalue weighted by molar-refractivity contribution is 7.18. The number of aromatic hydroxyl groups is 1. The molecule has 0 fully saturated rings. The van der Waals surface area contributed by atoms with Crippen LogP contribution in [0.2, 0.25) is 0 Å². The Morgan fingerprint density at radius 3 is 2.70 bits per heavy atom. The minimum atomic E-state index is -0.333. The van der Waals surface area contributed by atoms with E-state index in [4.69, 9.17) is 4.42 Å². The number of rotatable bonds is 3. The molecule has 0 saturated heterocycles. The highest BCUT2D eigenvalue weighted by atomic mass is 32.1. The Morgan fingerprint density at radius 1 is 1.09 bits per heavy atom. The van der Waals surface area contributed by atoms with Crippen molar-refractivity contribution in [1.29, 1.82) is 0 Å². The molecule has 114 valence electrons. The number of thiazole rings is 1.